The first kappa shape index (κ1) is 9.58. The highest BCUT2D eigenvalue weighted by atomic mass is 16.1. The molecular weight excluding hydrogens is 164 g/mol. The van der Waals surface area contributed by atoms with Crippen LogP contribution in [0.2, 0.25) is 0 Å². The van der Waals surface area contributed by atoms with E-state index in [0.29, 0.717) is 17.3 Å². The van der Waals surface area contributed by atoms with Gasteiger partial charge in [0, 0.05) is 23.0 Å². The van der Waals surface area contributed by atoms with Gasteiger partial charge >= 0.3 is 0 Å². The smallest absolute Gasteiger partial charge is 0.152 e. The number of nitrogens with one attached hydrogen (secondary N) is 1. The highest BCUT2D eigenvalue weighted by Gasteiger charge is 2.02. The number of carbonyl (C=O) groups excluding carboxylic acids is 1. The average Bonchev–Trinajstić information content (AvgIpc) is 2.07. The van der Waals surface area contributed by atoms with Crippen LogP contribution in [0.4, 0.5) is 11.4 Å². The lowest BCUT2D eigenvalue weighted by atomic mass is 10.1. The summed E-state index contributed by atoms with van der Waals surface area (Å²) in [5.74, 6) is 0. The van der Waals surface area contributed by atoms with Crippen molar-refractivity contribution in [2.75, 3.05) is 11.1 Å². The fraction of sp³-hybridized carbons (Fsp3) is 0.300. The second kappa shape index (κ2) is 3.94. The molecule has 0 bridgehead atoms. The zero-order valence-corrected chi connectivity index (χ0v) is 7.87. The van der Waals surface area contributed by atoms with Crippen molar-refractivity contribution in [3.63, 3.8) is 0 Å². The molecule has 0 saturated carbocycles. The van der Waals surface area contributed by atoms with E-state index in [-0.39, 0.29) is 0 Å². The van der Waals surface area contributed by atoms with Crippen molar-refractivity contribution in [3.05, 3.63) is 23.8 Å². The Hall–Kier alpha value is -1.51. The van der Waals surface area contributed by atoms with Crippen LogP contribution in [0.25, 0.3) is 0 Å². The Bertz CT molecular complexity index is 308. The SMILES string of the molecule is CC(C)Nc1ccc(N)cc1C=O. The van der Waals surface area contributed by atoms with Gasteiger partial charge in [-0.15, -0.1) is 0 Å². The van der Waals surface area contributed by atoms with Crippen molar-refractivity contribution in [2.24, 2.45) is 0 Å². The van der Waals surface area contributed by atoms with E-state index in [1.54, 1.807) is 12.1 Å². The van der Waals surface area contributed by atoms with Gasteiger partial charge in [0.2, 0.25) is 0 Å². The molecule has 0 aromatic heterocycles. The summed E-state index contributed by atoms with van der Waals surface area (Å²) in [7, 11) is 0. The van der Waals surface area contributed by atoms with Crippen LogP contribution < -0.4 is 11.1 Å². The van der Waals surface area contributed by atoms with Gasteiger partial charge in [-0.3, -0.25) is 4.79 Å². The molecule has 0 heterocycles. The fourth-order valence-electron chi connectivity index (χ4n) is 1.12. The summed E-state index contributed by atoms with van der Waals surface area (Å²) in [6, 6.07) is 5.57. The molecule has 1 aromatic rings. The maximum atomic E-state index is 10.7. The molecule has 0 saturated heterocycles. The van der Waals surface area contributed by atoms with Crippen LogP contribution in [0.3, 0.4) is 0 Å². The molecule has 1 rings (SSSR count). The van der Waals surface area contributed by atoms with E-state index in [9.17, 15) is 4.79 Å². The predicted octanol–water partition coefficient (Wildman–Crippen LogP) is 1.90. The molecule has 0 unspecified atom stereocenters. The molecule has 3 N–H and O–H groups in total. The van der Waals surface area contributed by atoms with Gasteiger partial charge in [0.1, 0.15) is 0 Å². The van der Waals surface area contributed by atoms with Crippen LogP contribution in [-0.4, -0.2) is 12.3 Å². The summed E-state index contributed by atoms with van der Waals surface area (Å²) in [6.07, 6.45) is 0.807. The molecule has 0 aliphatic heterocycles. The van der Waals surface area contributed by atoms with E-state index in [1.165, 1.54) is 0 Å². The van der Waals surface area contributed by atoms with Crippen molar-refractivity contribution in [1.29, 1.82) is 0 Å². The first-order valence-electron chi connectivity index (χ1n) is 4.24. The molecule has 1 aromatic carbocycles. The number of anilines is 2. The van der Waals surface area contributed by atoms with E-state index in [0.717, 1.165) is 12.0 Å². The Morgan fingerprint density at radius 3 is 2.69 bits per heavy atom. The normalized spacial score (nSPS) is 10.1. The lowest BCUT2D eigenvalue weighted by Crippen LogP contribution is -2.11. The molecule has 0 spiro atoms. The number of benzene rings is 1. The molecule has 13 heavy (non-hydrogen) atoms. The number of rotatable bonds is 3. The van der Waals surface area contributed by atoms with E-state index in [4.69, 9.17) is 5.73 Å². The van der Waals surface area contributed by atoms with E-state index in [2.05, 4.69) is 5.32 Å². The molecule has 3 heteroatoms. The lowest BCUT2D eigenvalue weighted by Gasteiger charge is -2.12. The topological polar surface area (TPSA) is 55.1 Å². The molecule has 3 nitrogen and oxygen atoms in total. The van der Waals surface area contributed by atoms with Gasteiger partial charge < -0.3 is 11.1 Å². The zero-order chi connectivity index (χ0) is 9.84. The summed E-state index contributed by atoms with van der Waals surface area (Å²) in [4.78, 5) is 10.7. The van der Waals surface area contributed by atoms with Crippen LogP contribution in [0.1, 0.15) is 24.2 Å². The fourth-order valence-corrected chi connectivity index (χ4v) is 1.12. The third kappa shape index (κ3) is 2.47. The maximum absolute atomic E-state index is 10.7. The first-order valence-corrected chi connectivity index (χ1v) is 4.24. The molecular formula is C10H14N2O. The molecule has 0 amide bonds. The summed E-state index contributed by atoms with van der Waals surface area (Å²) < 4.78 is 0. The van der Waals surface area contributed by atoms with Gasteiger partial charge in [0.05, 0.1) is 0 Å². The van der Waals surface area contributed by atoms with Crippen LogP contribution >= 0.6 is 0 Å². The number of nitrogen functional groups attached to an aromatic ring is 1. The predicted molar refractivity (Wildman–Crippen MR) is 55.0 cm³/mol. The molecule has 0 fully saturated rings. The minimum Gasteiger partial charge on any atom is -0.399 e. The standard InChI is InChI=1S/C10H14N2O/c1-7(2)12-10-4-3-9(11)5-8(10)6-13/h3-7,12H,11H2,1-2H3. The van der Waals surface area contributed by atoms with Gasteiger partial charge in [-0.25, -0.2) is 0 Å². The number of hydrogen-bond donors (Lipinski definition) is 2. The Labute approximate surface area is 77.9 Å². The van der Waals surface area contributed by atoms with Crippen molar-refractivity contribution >= 4 is 17.7 Å². The number of aldehydes is 1. The van der Waals surface area contributed by atoms with Gasteiger partial charge in [0.25, 0.3) is 0 Å². The third-order valence-corrected chi connectivity index (χ3v) is 1.65. The van der Waals surface area contributed by atoms with Crippen LogP contribution in [0.15, 0.2) is 18.2 Å². The van der Waals surface area contributed by atoms with Gasteiger partial charge in [-0.1, -0.05) is 0 Å². The number of carbonyl (C=O) groups is 1. The average molecular weight is 178 g/mol. The van der Waals surface area contributed by atoms with Gasteiger partial charge in [-0.2, -0.15) is 0 Å². The molecule has 0 aliphatic rings. The van der Waals surface area contributed by atoms with Crippen LogP contribution in [0.5, 0.6) is 0 Å². The van der Waals surface area contributed by atoms with Crippen molar-refractivity contribution < 1.29 is 4.79 Å². The Balaban J connectivity index is 2.99. The van der Waals surface area contributed by atoms with Crippen LogP contribution in [-0.2, 0) is 0 Å². The second-order valence-corrected chi connectivity index (χ2v) is 3.26. The van der Waals surface area contributed by atoms with Crippen molar-refractivity contribution in [2.45, 2.75) is 19.9 Å². The third-order valence-electron chi connectivity index (χ3n) is 1.65. The minimum absolute atomic E-state index is 0.308. The van der Waals surface area contributed by atoms with Crippen molar-refractivity contribution in [1.82, 2.24) is 0 Å². The molecule has 0 aliphatic carbocycles. The highest BCUT2D eigenvalue weighted by molar-refractivity contribution is 5.85. The molecule has 70 valence electrons. The maximum Gasteiger partial charge on any atom is 0.152 e. The Morgan fingerprint density at radius 2 is 2.15 bits per heavy atom. The molecule has 0 radical (unpaired) electrons. The summed E-state index contributed by atoms with van der Waals surface area (Å²) >= 11 is 0. The number of nitrogens with two attached hydrogens (primary N) is 1. The highest BCUT2D eigenvalue weighted by Crippen LogP contribution is 2.17. The Kier molecular flexibility index (Phi) is 2.90. The van der Waals surface area contributed by atoms with E-state index < -0.39 is 0 Å². The van der Waals surface area contributed by atoms with Gasteiger partial charge in [0.15, 0.2) is 6.29 Å². The lowest BCUT2D eigenvalue weighted by molar-refractivity contribution is 0.112. The minimum atomic E-state index is 0.308. The Morgan fingerprint density at radius 1 is 1.46 bits per heavy atom. The quantitative estimate of drug-likeness (QED) is 0.549. The zero-order valence-electron chi connectivity index (χ0n) is 7.87. The van der Waals surface area contributed by atoms with Crippen molar-refractivity contribution in [3.8, 4) is 0 Å². The van der Waals surface area contributed by atoms with E-state index in [1.807, 2.05) is 19.9 Å². The number of hydrogen-bond acceptors (Lipinski definition) is 3. The monoisotopic (exact) mass is 178 g/mol. The van der Waals surface area contributed by atoms with Gasteiger partial charge in [-0.05, 0) is 32.0 Å². The molecule has 0 atom stereocenters. The first-order chi connectivity index (χ1) is 6.13. The van der Waals surface area contributed by atoms with Crippen LogP contribution in [0, 0.1) is 0 Å². The second-order valence-electron chi connectivity index (χ2n) is 3.26. The summed E-state index contributed by atoms with van der Waals surface area (Å²) in [5, 5.41) is 3.16. The van der Waals surface area contributed by atoms with E-state index >= 15 is 0 Å². The summed E-state index contributed by atoms with van der Waals surface area (Å²) in [6.45, 7) is 4.04. The summed E-state index contributed by atoms with van der Waals surface area (Å²) in [5.41, 5.74) is 7.59. The largest absolute Gasteiger partial charge is 0.399 e.